The molecule has 0 saturated carbocycles. The monoisotopic (exact) mass is 381 g/mol. The molecule has 7 heteroatoms. The number of hydrogen-bond donors (Lipinski definition) is 1. The lowest BCUT2D eigenvalue weighted by Gasteiger charge is -2.32. The van der Waals surface area contributed by atoms with Gasteiger partial charge < -0.3 is 9.88 Å². The Morgan fingerprint density at radius 2 is 1.80 bits per heavy atom. The zero-order valence-corrected chi connectivity index (χ0v) is 17.6. The standard InChI is InChI=1S/C18H27N3O2S2/c1-9(2)21(10(3)4)18(23)13(7)24-8-14-19-16(22)15-11(5)12(6)25-17(15)20-14/h9-10,13H,8H2,1-7H3,(H,19,20,22). The average molecular weight is 382 g/mol. The van der Waals surface area contributed by atoms with Crippen LogP contribution in [0.2, 0.25) is 0 Å². The van der Waals surface area contributed by atoms with E-state index in [2.05, 4.69) is 9.97 Å². The molecule has 2 aromatic rings. The van der Waals surface area contributed by atoms with Crippen LogP contribution in [0, 0.1) is 13.8 Å². The first-order valence-corrected chi connectivity index (χ1v) is 10.4. The van der Waals surface area contributed by atoms with Crippen molar-refractivity contribution in [3.63, 3.8) is 0 Å². The van der Waals surface area contributed by atoms with Crippen molar-refractivity contribution in [3.8, 4) is 0 Å². The van der Waals surface area contributed by atoms with E-state index < -0.39 is 0 Å². The Morgan fingerprint density at radius 1 is 1.20 bits per heavy atom. The summed E-state index contributed by atoms with van der Waals surface area (Å²) in [6, 6.07) is 0.337. The van der Waals surface area contributed by atoms with Crippen LogP contribution in [0.15, 0.2) is 4.79 Å². The minimum Gasteiger partial charge on any atom is -0.337 e. The normalized spacial score (nSPS) is 13.0. The fourth-order valence-corrected chi connectivity index (χ4v) is 4.82. The van der Waals surface area contributed by atoms with Gasteiger partial charge in [-0.3, -0.25) is 9.59 Å². The Balaban J connectivity index is 2.14. The fourth-order valence-electron chi connectivity index (χ4n) is 2.96. The number of aromatic nitrogens is 2. The van der Waals surface area contributed by atoms with Gasteiger partial charge in [0, 0.05) is 17.0 Å². The molecular formula is C18H27N3O2S2. The highest BCUT2D eigenvalue weighted by Crippen LogP contribution is 2.27. The molecule has 5 nitrogen and oxygen atoms in total. The molecule has 0 radical (unpaired) electrons. The molecule has 25 heavy (non-hydrogen) atoms. The van der Waals surface area contributed by atoms with E-state index in [4.69, 9.17) is 0 Å². The third kappa shape index (κ3) is 4.26. The van der Waals surface area contributed by atoms with E-state index in [-0.39, 0.29) is 28.8 Å². The smallest absolute Gasteiger partial charge is 0.259 e. The lowest BCUT2D eigenvalue weighted by atomic mass is 10.2. The topological polar surface area (TPSA) is 66.1 Å². The number of thioether (sulfide) groups is 1. The van der Waals surface area contributed by atoms with Crippen molar-refractivity contribution in [2.45, 2.75) is 71.6 Å². The van der Waals surface area contributed by atoms with Crippen molar-refractivity contribution in [2.24, 2.45) is 0 Å². The van der Waals surface area contributed by atoms with Gasteiger partial charge in [0.05, 0.1) is 16.4 Å². The molecule has 1 unspecified atom stereocenters. The average Bonchev–Trinajstić information content (AvgIpc) is 2.79. The van der Waals surface area contributed by atoms with Crippen LogP contribution in [-0.2, 0) is 10.5 Å². The summed E-state index contributed by atoms with van der Waals surface area (Å²) < 4.78 is 0. The number of carbonyl (C=O) groups excluding carboxylic acids is 1. The Bertz CT molecular complexity index is 816. The highest BCUT2D eigenvalue weighted by Gasteiger charge is 2.25. The molecule has 0 aliphatic rings. The number of carbonyl (C=O) groups is 1. The minimum absolute atomic E-state index is 0.0904. The Labute approximate surface area is 157 Å². The molecule has 0 aromatic carbocycles. The number of amides is 1. The van der Waals surface area contributed by atoms with E-state index >= 15 is 0 Å². The lowest BCUT2D eigenvalue weighted by Crippen LogP contribution is -2.45. The summed E-state index contributed by atoms with van der Waals surface area (Å²) >= 11 is 3.05. The maximum absolute atomic E-state index is 12.7. The number of fused-ring (bicyclic) bond motifs is 1. The molecule has 0 fully saturated rings. The Hall–Kier alpha value is -1.34. The van der Waals surface area contributed by atoms with E-state index in [9.17, 15) is 9.59 Å². The van der Waals surface area contributed by atoms with Crippen LogP contribution < -0.4 is 5.56 Å². The number of aryl methyl sites for hydroxylation is 2. The molecule has 0 bridgehead atoms. The molecular weight excluding hydrogens is 354 g/mol. The van der Waals surface area contributed by atoms with Gasteiger partial charge in [-0.05, 0) is 54.0 Å². The van der Waals surface area contributed by atoms with Crippen LogP contribution in [0.25, 0.3) is 10.2 Å². The largest absolute Gasteiger partial charge is 0.337 e. The molecule has 2 rings (SSSR count). The van der Waals surface area contributed by atoms with Crippen LogP contribution in [0.4, 0.5) is 0 Å². The van der Waals surface area contributed by atoms with Gasteiger partial charge in [-0.15, -0.1) is 23.1 Å². The third-order valence-corrected chi connectivity index (χ3v) is 6.52. The molecule has 0 saturated heterocycles. The van der Waals surface area contributed by atoms with Gasteiger partial charge in [0.15, 0.2) is 0 Å². The van der Waals surface area contributed by atoms with Gasteiger partial charge >= 0.3 is 0 Å². The van der Waals surface area contributed by atoms with Crippen molar-refractivity contribution >= 4 is 39.2 Å². The molecule has 0 aliphatic carbocycles. The van der Waals surface area contributed by atoms with Gasteiger partial charge in [-0.2, -0.15) is 0 Å². The van der Waals surface area contributed by atoms with E-state index in [0.717, 1.165) is 15.3 Å². The van der Waals surface area contributed by atoms with E-state index in [1.54, 1.807) is 11.3 Å². The number of nitrogens with zero attached hydrogens (tertiary/aromatic N) is 2. The van der Waals surface area contributed by atoms with Gasteiger partial charge in [-0.1, -0.05) is 0 Å². The second-order valence-corrected chi connectivity index (χ2v) is 9.39. The molecule has 0 aliphatic heterocycles. The van der Waals surface area contributed by atoms with Crippen LogP contribution >= 0.6 is 23.1 Å². The van der Waals surface area contributed by atoms with Gasteiger partial charge in [-0.25, -0.2) is 4.98 Å². The molecule has 1 atom stereocenters. The summed E-state index contributed by atoms with van der Waals surface area (Å²) in [5.41, 5.74) is 0.911. The minimum atomic E-state index is -0.183. The maximum Gasteiger partial charge on any atom is 0.259 e. The van der Waals surface area contributed by atoms with Crippen molar-refractivity contribution in [2.75, 3.05) is 0 Å². The van der Waals surface area contributed by atoms with Crippen molar-refractivity contribution in [3.05, 3.63) is 26.6 Å². The zero-order chi connectivity index (χ0) is 18.9. The summed E-state index contributed by atoms with van der Waals surface area (Å²) in [7, 11) is 0. The first-order valence-electron chi connectivity index (χ1n) is 8.56. The van der Waals surface area contributed by atoms with E-state index in [1.807, 2.05) is 53.4 Å². The van der Waals surface area contributed by atoms with Crippen molar-refractivity contribution in [1.82, 2.24) is 14.9 Å². The second-order valence-electron chi connectivity index (χ2n) is 6.86. The number of thiophene rings is 1. The van der Waals surface area contributed by atoms with Gasteiger partial charge in [0.2, 0.25) is 5.91 Å². The maximum atomic E-state index is 12.7. The van der Waals surface area contributed by atoms with Crippen molar-refractivity contribution < 1.29 is 4.79 Å². The lowest BCUT2D eigenvalue weighted by molar-refractivity contribution is -0.133. The number of H-pyrrole nitrogens is 1. The molecule has 138 valence electrons. The predicted octanol–water partition coefficient (Wildman–Crippen LogP) is 3.87. The molecule has 2 aromatic heterocycles. The summed E-state index contributed by atoms with van der Waals surface area (Å²) in [6.45, 7) is 14.0. The number of hydrogen-bond acceptors (Lipinski definition) is 5. The van der Waals surface area contributed by atoms with Crippen LogP contribution in [0.1, 0.15) is 50.9 Å². The summed E-state index contributed by atoms with van der Waals surface area (Å²) in [5.74, 6) is 1.27. The highest BCUT2D eigenvalue weighted by molar-refractivity contribution is 7.99. The van der Waals surface area contributed by atoms with Crippen molar-refractivity contribution in [1.29, 1.82) is 0 Å². The van der Waals surface area contributed by atoms with Crippen LogP contribution in [0.5, 0.6) is 0 Å². The number of aromatic amines is 1. The zero-order valence-electron chi connectivity index (χ0n) is 16.0. The Morgan fingerprint density at radius 3 is 2.36 bits per heavy atom. The Kier molecular flexibility index (Phi) is 6.32. The summed E-state index contributed by atoms with van der Waals surface area (Å²) in [5, 5.41) is 0.503. The van der Waals surface area contributed by atoms with Gasteiger partial charge in [0.1, 0.15) is 10.7 Å². The first kappa shape index (κ1) is 20.0. The summed E-state index contributed by atoms with van der Waals surface area (Å²) in [6.07, 6.45) is 0. The first-order chi connectivity index (χ1) is 11.6. The molecule has 1 N–H and O–H groups in total. The second kappa shape index (κ2) is 7.91. The van der Waals surface area contributed by atoms with Crippen LogP contribution in [-0.4, -0.2) is 38.1 Å². The SMILES string of the molecule is Cc1sc2nc(CSC(C)C(=O)N(C(C)C)C(C)C)[nH]c(=O)c2c1C. The van der Waals surface area contributed by atoms with E-state index in [0.29, 0.717) is 17.0 Å². The molecule has 1 amide bonds. The quantitative estimate of drug-likeness (QED) is 0.825. The number of nitrogens with one attached hydrogen (secondary N) is 1. The fraction of sp³-hybridized carbons (Fsp3) is 0.611. The van der Waals surface area contributed by atoms with Gasteiger partial charge in [0.25, 0.3) is 5.56 Å². The predicted molar refractivity (Wildman–Crippen MR) is 108 cm³/mol. The molecule has 0 spiro atoms. The highest BCUT2D eigenvalue weighted by atomic mass is 32.2. The molecule has 2 heterocycles. The van der Waals surface area contributed by atoms with E-state index in [1.165, 1.54) is 11.8 Å². The summed E-state index contributed by atoms with van der Waals surface area (Å²) in [4.78, 5) is 36.3. The third-order valence-electron chi connectivity index (χ3n) is 4.27. The van der Waals surface area contributed by atoms with Crippen LogP contribution in [0.3, 0.4) is 0 Å². The number of rotatable bonds is 6.